The molecule has 0 fully saturated rings. The smallest absolute Gasteiger partial charge is 0.124 e. The fourth-order valence-corrected chi connectivity index (χ4v) is 2.24. The van der Waals surface area contributed by atoms with Crippen molar-refractivity contribution >= 4 is 33.1 Å². The van der Waals surface area contributed by atoms with Crippen LogP contribution in [-0.2, 0) is 18.3 Å². The zero-order chi connectivity index (χ0) is 10.1. The normalized spacial score (nSPS) is 10.7. The summed E-state index contributed by atoms with van der Waals surface area (Å²) in [6.45, 7) is 0. The molecule has 0 saturated carbocycles. The van der Waals surface area contributed by atoms with Crippen LogP contribution < -0.4 is 0 Å². The van der Waals surface area contributed by atoms with Gasteiger partial charge in [0.1, 0.15) is 6.29 Å². The highest BCUT2D eigenvalue weighted by Gasteiger charge is 2.04. The maximum atomic E-state index is 10.4. The van der Waals surface area contributed by atoms with Gasteiger partial charge in [0, 0.05) is 35.0 Å². The number of carbonyl (C=O) groups is 1. The van der Waals surface area contributed by atoms with Crippen molar-refractivity contribution in [3.63, 3.8) is 0 Å². The molecule has 0 spiro atoms. The number of halogens is 1. The Morgan fingerprint density at radius 1 is 1.50 bits per heavy atom. The van der Waals surface area contributed by atoms with Crippen LogP contribution in [0, 0.1) is 0 Å². The summed E-state index contributed by atoms with van der Waals surface area (Å²) in [6.07, 6.45) is 3.44. The zero-order valence-electron chi connectivity index (χ0n) is 7.83. The summed E-state index contributed by atoms with van der Waals surface area (Å²) in [5, 5.41) is 1.16. The first-order valence-electron chi connectivity index (χ1n) is 4.39. The van der Waals surface area contributed by atoms with Crippen molar-refractivity contribution in [2.75, 3.05) is 0 Å². The molecule has 72 valence electrons. The lowest BCUT2D eigenvalue weighted by molar-refractivity contribution is -0.107. The van der Waals surface area contributed by atoms with Gasteiger partial charge in [-0.2, -0.15) is 0 Å². The Bertz CT molecular complexity index is 487. The van der Waals surface area contributed by atoms with Crippen molar-refractivity contribution in [3.05, 3.63) is 34.4 Å². The molecule has 0 aliphatic heterocycles. The van der Waals surface area contributed by atoms with Crippen molar-refractivity contribution in [1.82, 2.24) is 4.57 Å². The quantitative estimate of drug-likeness (QED) is 0.753. The first-order chi connectivity index (χ1) is 6.72. The fourth-order valence-electron chi connectivity index (χ4n) is 1.61. The molecule has 0 atom stereocenters. The second kappa shape index (κ2) is 3.58. The maximum Gasteiger partial charge on any atom is 0.124 e. The Labute approximate surface area is 90.7 Å². The monoisotopic (exact) mass is 251 g/mol. The lowest BCUT2D eigenvalue weighted by Crippen LogP contribution is -1.87. The third-order valence-corrected chi connectivity index (χ3v) is 2.96. The molecule has 0 aliphatic rings. The van der Waals surface area contributed by atoms with Crippen LogP contribution in [0.5, 0.6) is 0 Å². The van der Waals surface area contributed by atoms with Crippen LogP contribution in [-0.4, -0.2) is 10.9 Å². The van der Waals surface area contributed by atoms with E-state index in [-0.39, 0.29) is 0 Å². The van der Waals surface area contributed by atoms with Gasteiger partial charge in [-0.15, -0.1) is 0 Å². The van der Waals surface area contributed by atoms with Gasteiger partial charge in [-0.05, 0) is 33.6 Å². The molecule has 0 radical (unpaired) electrons. The molecule has 0 unspecified atom stereocenters. The van der Waals surface area contributed by atoms with E-state index in [1.54, 1.807) is 0 Å². The zero-order valence-corrected chi connectivity index (χ0v) is 9.41. The van der Waals surface area contributed by atoms with E-state index in [4.69, 9.17) is 0 Å². The molecule has 0 bridgehead atoms. The third kappa shape index (κ3) is 1.48. The van der Waals surface area contributed by atoms with Gasteiger partial charge in [0.25, 0.3) is 0 Å². The van der Waals surface area contributed by atoms with E-state index in [9.17, 15) is 4.79 Å². The predicted molar refractivity (Wildman–Crippen MR) is 60.4 cm³/mol. The van der Waals surface area contributed by atoms with Crippen molar-refractivity contribution in [3.8, 4) is 0 Å². The second-order valence-corrected chi connectivity index (χ2v) is 4.16. The van der Waals surface area contributed by atoms with Gasteiger partial charge in [0.05, 0.1) is 0 Å². The highest BCUT2D eigenvalue weighted by molar-refractivity contribution is 9.10. The molecule has 0 amide bonds. The molecule has 1 heterocycles. The molecule has 0 N–H and O–H groups in total. The number of carbonyl (C=O) groups excluding carboxylic acids is 1. The average Bonchev–Trinajstić information content (AvgIpc) is 2.43. The Morgan fingerprint density at radius 2 is 2.29 bits per heavy atom. The number of aldehydes is 1. The highest BCUT2D eigenvalue weighted by Crippen LogP contribution is 2.26. The van der Waals surface area contributed by atoms with Crippen molar-refractivity contribution in [2.45, 2.75) is 6.42 Å². The van der Waals surface area contributed by atoms with E-state index in [2.05, 4.69) is 20.5 Å². The summed E-state index contributed by atoms with van der Waals surface area (Å²) < 4.78 is 3.13. The minimum absolute atomic E-state index is 0.483. The molecule has 2 nitrogen and oxygen atoms in total. The molecule has 3 heteroatoms. The lowest BCUT2D eigenvalue weighted by atomic mass is 10.1. The van der Waals surface area contributed by atoms with E-state index in [0.29, 0.717) is 6.42 Å². The SMILES string of the molecule is Cn1cc(Br)c2cc(CC=O)ccc21. The summed E-state index contributed by atoms with van der Waals surface area (Å²) >= 11 is 3.49. The molecular weight excluding hydrogens is 242 g/mol. The van der Waals surface area contributed by atoms with Gasteiger partial charge in [-0.1, -0.05) is 6.07 Å². The highest BCUT2D eigenvalue weighted by atomic mass is 79.9. The number of hydrogen-bond donors (Lipinski definition) is 0. The number of rotatable bonds is 2. The minimum atomic E-state index is 0.483. The predicted octanol–water partition coefficient (Wildman–Crippen LogP) is 2.68. The molecule has 14 heavy (non-hydrogen) atoms. The summed E-state index contributed by atoms with van der Waals surface area (Å²) in [7, 11) is 2.01. The number of hydrogen-bond acceptors (Lipinski definition) is 1. The molecule has 0 aliphatic carbocycles. The first kappa shape index (κ1) is 9.46. The largest absolute Gasteiger partial charge is 0.349 e. The Hall–Kier alpha value is -1.09. The third-order valence-electron chi connectivity index (χ3n) is 2.32. The van der Waals surface area contributed by atoms with Crippen LogP contribution in [0.3, 0.4) is 0 Å². The lowest BCUT2D eigenvalue weighted by Gasteiger charge is -1.98. The van der Waals surface area contributed by atoms with Crippen LogP contribution in [0.15, 0.2) is 28.9 Å². The van der Waals surface area contributed by atoms with Crippen LogP contribution in [0.4, 0.5) is 0 Å². The summed E-state index contributed by atoms with van der Waals surface area (Å²) in [5.41, 5.74) is 2.23. The summed E-state index contributed by atoms with van der Waals surface area (Å²) in [5.74, 6) is 0. The van der Waals surface area contributed by atoms with Gasteiger partial charge >= 0.3 is 0 Å². The van der Waals surface area contributed by atoms with Crippen LogP contribution in [0.2, 0.25) is 0 Å². The van der Waals surface area contributed by atoms with Gasteiger partial charge in [0.15, 0.2) is 0 Å². The van der Waals surface area contributed by atoms with Crippen molar-refractivity contribution < 1.29 is 4.79 Å². The van der Waals surface area contributed by atoms with Crippen LogP contribution in [0.25, 0.3) is 10.9 Å². The van der Waals surface area contributed by atoms with Crippen molar-refractivity contribution in [1.29, 1.82) is 0 Å². The molecule has 2 rings (SSSR count). The topological polar surface area (TPSA) is 22.0 Å². The Kier molecular flexibility index (Phi) is 2.42. The van der Waals surface area contributed by atoms with E-state index >= 15 is 0 Å². The molecular formula is C11H10BrNO. The minimum Gasteiger partial charge on any atom is -0.349 e. The number of aromatic nitrogens is 1. The van der Waals surface area contributed by atoms with E-state index in [0.717, 1.165) is 21.7 Å². The van der Waals surface area contributed by atoms with Crippen LogP contribution >= 0.6 is 15.9 Å². The van der Waals surface area contributed by atoms with E-state index in [1.807, 2.05) is 31.4 Å². The molecule has 1 aromatic carbocycles. The fraction of sp³-hybridized carbons (Fsp3) is 0.182. The first-order valence-corrected chi connectivity index (χ1v) is 5.19. The molecule has 0 saturated heterocycles. The standard InChI is InChI=1S/C11H10BrNO/c1-13-7-10(12)9-6-8(4-5-14)2-3-11(9)13/h2-3,5-7H,4H2,1H3. The number of benzene rings is 1. The number of nitrogens with zero attached hydrogens (tertiary/aromatic N) is 1. The Balaban J connectivity index is 2.64. The molecule has 2 aromatic rings. The van der Waals surface area contributed by atoms with E-state index < -0.39 is 0 Å². The van der Waals surface area contributed by atoms with E-state index in [1.165, 1.54) is 5.52 Å². The number of aryl methyl sites for hydroxylation is 1. The van der Waals surface area contributed by atoms with Crippen molar-refractivity contribution in [2.24, 2.45) is 7.05 Å². The van der Waals surface area contributed by atoms with Crippen LogP contribution in [0.1, 0.15) is 5.56 Å². The van der Waals surface area contributed by atoms with Gasteiger partial charge < -0.3 is 9.36 Å². The maximum absolute atomic E-state index is 10.4. The van der Waals surface area contributed by atoms with Gasteiger partial charge in [-0.3, -0.25) is 0 Å². The summed E-state index contributed by atoms with van der Waals surface area (Å²) in [4.78, 5) is 10.4. The summed E-state index contributed by atoms with van der Waals surface area (Å²) in [6, 6.07) is 6.08. The second-order valence-electron chi connectivity index (χ2n) is 3.31. The van der Waals surface area contributed by atoms with Gasteiger partial charge in [-0.25, -0.2) is 0 Å². The molecule has 1 aromatic heterocycles. The number of fused-ring (bicyclic) bond motifs is 1. The Morgan fingerprint density at radius 3 is 3.00 bits per heavy atom. The average molecular weight is 252 g/mol. The van der Waals surface area contributed by atoms with Gasteiger partial charge in [0.2, 0.25) is 0 Å².